The molecule has 0 saturated carbocycles. The molecule has 1 aliphatic rings. The Balaban J connectivity index is 1.80. The molecule has 0 radical (unpaired) electrons. The largest absolute Gasteiger partial charge is 0.369 e. The predicted octanol–water partition coefficient (Wildman–Crippen LogP) is 2.83. The average Bonchev–Trinajstić information content (AvgIpc) is 3.21. The predicted molar refractivity (Wildman–Crippen MR) is 84.3 cm³/mol. The van der Waals surface area contributed by atoms with Crippen molar-refractivity contribution in [2.75, 3.05) is 11.9 Å². The van der Waals surface area contributed by atoms with Crippen molar-refractivity contribution in [1.82, 2.24) is 15.1 Å². The number of carbonyl (C=O) groups is 1. The quantitative estimate of drug-likeness (QED) is 0.749. The average molecular weight is 306 g/mol. The van der Waals surface area contributed by atoms with E-state index >= 15 is 0 Å². The molecule has 3 aromatic heterocycles. The summed E-state index contributed by atoms with van der Waals surface area (Å²) >= 11 is 0. The van der Waals surface area contributed by atoms with Crippen LogP contribution in [0, 0.1) is 6.92 Å². The van der Waals surface area contributed by atoms with Gasteiger partial charge in [-0.25, -0.2) is 4.98 Å². The van der Waals surface area contributed by atoms with Gasteiger partial charge in [-0.05, 0) is 24.6 Å². The summed E-state index contributed by atoms with van der Waals surface area (Å²) < 4.78 is 5.03. The Hall–Kier alpha value is -3.02. The molecule has 1 unspecified atom stereocenters. The van der Waals surface area contributed by atoms with E-state index in [0.717, 1.165) is 22.5 Å². The molecule has 0 saturated heterocycles. The van der Waals surface area contributed by atoms with E-state index in [0.29, 0.717) is 18.0 Å². The number of ketones is 1. The molecule has 1 aliphatic heterocycles. The maximum absolute atomic E-state index is 12.8. The van der Waals surface area contributed by atoms with Crippen LogP contribution in [0.25, 0.3) is 11.1 Å². The van der Waals surface area contributed by atoms with Gasteiger partial charge in [-0.15, -0.1) is 0 Å². The summed E-state index contributed by atoms with van der Waals surface area (Å²) in [6, 6.07) is 7.43. The summed E-state index contributed by atoms with van der Waals surface area (Å²) in [6.07, 6.45) is 5.25. The molecular formula is C17H14N4O2. The molecule has 4 heterocycles. The molecule has 114 valence electrons. The zero-order chi connectivity index (χ0) is 15.8. The first kappa shape index (κ1) is 13.6. The van der Waals surface area contributed by atoms with Crippen molar-refractivity contribution in [3.63, 3.8) is 0 Å². The van der Waals surface area contributed by atoms with Gasteiger partial charge in [0.05, 0.1) is 5.92 Å². The Bertz CT molecular complexity index is 873. The van der Waals surface area contributed by atoms with Crippen LogP contribution in [0.4, 0.5) is 5.82 Å². The van der Waals surface area contributed by atoms with Crippen molar-refractivity contribution in [3.05, 3.63) is 59.9 Å². The number of nitrogens with one attached hydrogen (secondary N) is 1. The van der Waals surface area contributed by atoms with Gasteiger partial charge >= 0.3 is 0 Å². The van der Waals surface area contributed by atoms with E-state index in [2.05, 4.69) is 20.4 Å². The van der Waals surface area contributed by atoms with E-state index in [9.17, 15) is 4.79 Å². The van der Waals surface area contributed by atoms with Gasteiger partial charge in [0.15, 0.2) is 11.5 Å². The summed E-state index contributed by atoms with van der Waals surface area (Å²) in [5.41, 5.74) is 3.17. The number of rotatable bonds is 3. The van der Waals surface area contributed by atoms with Gasteiger partial charge < -0.3 is 9.84 Å². The van der Waals surface area contributed by atoms with E-state index in [-0.39, 0.29) is 11.7 Å². The lowest BCUT2D eigenvalue weighted by Crippen LogP contribution is -2.15. The number of anilines is 1. The van der Waals surface area contributed by atoms with E-state index in [1.54, 1.807) is 31.6 Å². The van der Waals surface area contributed by atoms with Crippen molar-refractivity contribution < 1.29 is 9.32 Å². The number of carbonyl (C=O) groups excluding carboxylic acids is 1. The number of fused-ring (bicyclic) bond motifs is 1. The monoisotopic (exact) mass is 306 g/mol. The molecule has 0 bridgehead atoms. The third-order valence-corrected chi connectivity index (χ3v) is 3.98. The number of aromatic nitrogens is 3. The number of pyridine rings is 2. The lowest BCUT2D eigenvalue weighted by atomic mass is 9.90. The lowest BCUT2D eigenvalue weighted by molar-refractivity contribution is 0.0957. The molecule has 0 aromatic carbocycles. The molecule has 0 spiro atoms. The molecule has 1 atom stereocenters. The zero-order valence-corrected chi connectivity index (χ0v) is 12.5. The molecule has 3 aromatic rings. The molecule has 1 N–H and O–H groups in total. The van der Waals surface area contributed by atoms with E-state index in [1.807, 2.05) is 18.2 Å². The van der Waals surface area contributed by atoms with E-state index in [1.165, 1.54) is 0 Å². The number of aryl methyl sites for hydroxylation is 1. The standard InChI is InChI=1S/C17H14N4O2/c1-10-7-14(21-23-10)16(22)13-9-20-17-15(13)12(4-6-19-17)11-3-2-5-18-8-11/h2-8,13H,9H2,1H3,(H,19,20). The molecule has 0 aliphatic carbocycles. The van der Waals surface area contributed by atoms with Crippen LogP contribution in [0.15, 0.2) is 47.4 Å². The highest BCUT2D eigenvalue weighted by Gasteiger charge is 2.34. The molecule has 0 fully saturated rings. The molecule has 4 rings (SSSR count). The van der Waals surface area contributed by atoms with Gasteiger partial charge in [-0.3, -0.25) is 9.78 Å². The third-order valence-electron chi connectivity index (χ3n) is 3.98. The van der Waals surface area contributed by atoms with Crippen LogP contribution in [0.3, 0.4) is 0 Å². The number of hydrogen-bond acceptors (Lipinski definition) is 6. The van der Waals surface area contributed by atoms with Gasteiger partial charge in [-0.2, -0.15) is 0 Å². The van der Waals surface area contributed by atoms with Crippen molar-refractivity contribution >= 4 is 11.6 Å². The highest BCUT2D eigenvalue weighted by molar-refractivity contribution is 6.02. The van der Waals surface area contributed by atoms with Gasteiger partial charge in [-0.1, -0.05) is 11.2 Å². The summed E-state index contributed by atoms with van der Waals surface area (Å²) in [5, 5.41) is 7.06. The van der Waals surface area contributed by atoms with E-state index < -0.39 is 0 Å². The first-order valence-corrected chi connectivity index (χ1v) is 7.35. The second kappa shape index (κ2) is 5.31. The fraction of sp³-hybridized carbons (Fsp3) is 0.176. The molecular weight excluding hydrogens is 292 g/mol. The number of nitrogens with zero attached hydrogens (tertiary/aromatic N) is 3. The Labute approximate surface area is 132 Å². The fourth-order valence-corrected chi connectivity index (χ4v) is 2.93. The van der Waals surface area contributed by atoms with Gasteiger partial charge in [0.2, 0.25) is 0 Å². The van der Waals surface area contributed by atoms with Crippen LogP contribution in [0.2, 0.25) is 0 Å². The van der Waals surface area contributed by atoms with Crippen LogP contribution in [0.1, 0.15) is 27.7 Å². The summed E-state index contributed by atoms with van der Waals surface area (Å²) in [5.74, 6) is 0.966. The SMILES string of the molecule is Cc1cc(C(=O)C2CNc3nccc(-c4cccnc4)c32)no1. The molecule has 6 heteroatoms. The van der Waals surface area contributed by atoms with Crippen molar-refractivity contribution in [3.8, 4) is 11.1 Å². The summed E-state index contributed by atoms with van der Waals surface area (Å²) in [6.45, 7) is 2.28. The second-order valence-electron chi connectivity index (χ2n) is 5.48. The Morgan fingerprint density at radius 1 is 1.35 bits per heavy atom. The van der Waals surface area contributed by atoms with Crippen LogP contribution >= 0.6 is 0 Å². The second-order valence-corrected chi connectivity index (χ2v) is 5.48. The van der Waals surface area contributed by atoms with Gasteiger partial charge in [0, 0.05) is 42.3 Å². The normalized spacial score (nSPS) is 16.0. The first-order valence-electron chi connectivity index (χ1n) is 7.35. The van der Waals surface area contributed by atoms with Gasteiger partial charge in [0.25, 0.3) is 0 Å². The maximum Gasteiger partial charge on any atom is 0.194 e. The van der Waals surface area contributed by atoms with Crippen LogP contribution in [-0.4, -0.2) is 27.5 Å². The maximum atomic E-state index is 12.8. The molecule has 0 amide bonds. The van der Waals surface area contributed by atoms with E-state index in [4.69, 9.17) is 4.52 Å². The lowest BCUT2D eigenvalue weighted by Gasteiger charge is -2.12. The highest BCUT2D eigenvalue weighted by Crippen LogP contribution is 2.39. The summed E-state index contributed by atoms with van der Waals surface area (Å²) in [7, 11) is 0. The first-order chi connectivity index (χ1) is 11.2. The minimum absolute atomic E-state index is 0.0637. The Morgan fingerprint density at radius 3 is 3.00 bits per heavy atom. The number of hydrogen-bond donors (Lipinski definition) is 1. The summed E-state index contributed by atoms with van der Waals surface area (Å²) in [4.78, 5) is 21.3. The fourth-order valence-electron chi connectivity index (χ4n) is 2.93. The molecule has 6 nitrogen and oxygen atoms in total. The van der Waals surface area contributed by atoms with Crippen LogP contribution in [-0.2, 0) is 0 Å². The van der Waals surface area contributed by atoms with Crippen molar-refractivity contribution in [1.29, 1.82) is 0 Å². The third kappa shape index (κ3) is 2.28. The van der Waals surface area contributed by atoms with Gasteiger partial charge in [0.1, 0.15) is 11.6 Å². The minimum atomic E-state index is -0.335. The number of Topliss-reactive ketones (excluding diaryl/α,β-unsaturated/α-hetero) is 1. The topological polar surface area (TPSA) is 80.9 Å². The highest BCUT2D eigenvalue weighted by atomic mass is 16.5. The Morgan fingerprint density at radius 2 is 2.26 bits per heavy atom. The molecule has 23 heavy (non-hydrogen) atoms. The van der Waals surface area contributed by atoms with Crippen LogP contribution in [0.5, 0.6) is 0 Å². The van der Waals surface area contributed by atoms with Crippen molar-refractivity contribution in [2.45, 2.75) is 12.8 Å². The zero-order valence-electron chi connectivity index (χ0n) is 12.5. The van der Waals surface area contributed by atoms with Crippen molar-refractivity contribution in [2.24, 2.45) is 0 Å². The smallest absolute Gasteiger partial charge is 0.194 e. The van der Waals surface area contributed by atoms with Crippen LogP contribution < -0.4 is 5.32 Å². The minimum Gasteiger partial charge on any atom is -0.369 e. The Kier molecular flexibility index (Phi) is 3.15.